The molecule has 4 heteroatoms. The molecule has 0 aliphatic rings. The first kappa shape index (κ1) is 8.78. The van der Waals surface area contributed by atoms with Crippen LogP contribution >= 0.6 is 34.8 Å². The van der Waals surface area contributed by atoms with E-state index in [-0.39, 0.29) is 0 Å². The number of rotatable bonds is 0. The fraction of sp³-hybridized carbons (Fsp3) is 0. The summed E-state index contributed by atoms with van der Waals surface area (Å²) in [5.74, 6) is 0. The van der Waals surface area contributed by atoms with Crippen LogP contribution in [0.4, 0.5) is 0 Å². The third-order valence-electron chi connectivity index (χ3n) is 1.23. The molecule has 1 aromatic carbocycles. The summed E-state index contributed by atoms with van der Waals surface area (Å²) < 4.78 is 0.941. The molecule has 48 valence electrons. The average Bonchev–Trinajstić information content (AvgIpc) is 1.93. The molecular formula is C6H2Cl3Li. The minimum absolute atomic E-state index is 0.434. The standard InChI is InChI=1S/C6H2Cl3.Li/c7-4-2-1-3-5(8)6(4)9;/h1-2H;. The molecule has 1 rings (SSSR count). The topological polar surface area (TPSA) is 0 Å². The molecule has 0 nitrogen and oxygen atoms in total. The van der Waals surface area contributed by atoms with Gasteiger partial charge in [0.15, 0.2) is 0 Å². The van der Waals surface area contributed by atoms with Crippen LogP contribution < -0.4 is 4.24 Å². The van der Waals surface area contributed by atoms with Crippen molar-refractivity contribution in [2.24, 2.45) is 0 Å². The molecule has 0 heterocycles. The Morgan fingerprint density at radius 1 is 1.00 bits per heavy atom. The Bertz CT molecular complexity index is 232. The van der Waals surface area contributed by atoms with Crippen LogP contribution in [-0.2, 0) is 0 Å². The predicted molar refractivity (Wildman–Crippen MR) is 46.9 cm³/mol. The van der Waals surface area contributed by atoms with Crippen LogP contribution in [0, 0.1) is 0 Å². The molecule has 0 N–H and O–H groups in total. The molecule has 0 saturated heterocycles. The van der Waals surface area contributed by atoms with Crippen molar-refractivity contribution in [1.82, 2.24) is 0 Å². The molecule has 0 unspecified atom stereocenters. The quantitative estimate of drug-likeness (QED) is 0.432. The SMILES string of the molecule is [Li][c]1ccc(Cl)c(Cl)c1Cl. The molecule has 0 atom stereocenters. The molecule has 0 aliphatic carbocycles. The molecule has 0 spiro atoms. The van der Waals surface area contributed by atoms with Crippen molar-refractivity contribution in [2.75, 3.05) is 0 Å². The molecule has 0 radical (unpaired) electrons. The summed E-state index contributed by atoms with van der Waals surface area (Å²) >= 11 is 19.0. The second kappa shape index (κ2) is 3.39. The van der Waals surface area contributed by atoms with Crippen LogP contribution in [0.5, 0.6) is 0 Å². The summed E-state index contributed by atoms with van der Waals surface area (Å²) in [7, 11) is 0. The van der Waals surface area contributed by atoms with E-state index in [1.807, 2.05) is 23.8 Å². The maximum atomic E-state index is 5.77. The molecular weight excluding hydrogens is 185 g/mol. The van der Waals surface area contributed by atoms with E-state index in [2.05, 4.69) is 0 Å². The summed E-state index contributed by atoms with van der Waals surface area (Å²) in [5, 5.41) is 1.47. The third-order valence-corrected chi connectivity index (χ3v) is 2.62. The van der Waals surface area contributed by atoms with Gasteiger partial charge in [0, 0.05) is 0 Å². The van der Waals surface area contributed by atoms with Gasteiger partial charge in [0.05, 0.1) is 0 Å². The molecule has 1 aromatic rings. The van der Waals surface area contributed by atoms with Gasteiger partial charge in [-0.3, -0.25) is 0 Å². The van der Waals surface area contributed by atoms with Gasteiger partial charge >= 0.3 is 84.0 Å². The van der Waals surface area contributed by atoms with Crippen LogP contribution in [0.15, 0.2) is 12.1 Å². The fourth-order valence-corrected chi connectivity index (χ4v) is 1.21. The summed E-state index contributed by atoms with van der Waals surface area (Å²) in [4.78, 5) is 0. The van der Waals surface area contributed by atoms with Crippen molar-refractivity contribution in [3.05, 3.63) is 27.2 Å². The van der Waals surface area contributed by atoms with Crippen molar-refractivity contribution in [3.8, 4) is 0 Å². The van der Waals surface area contributed by atoms with Crippen molar-refractivity contribution < 1.29 is 0 Å². The van der Waals surface area contributed by atoms with Gasteiger partial charge in [-0.25, -0.2) is 0 Å². The summed E-state index contributed by atoms with van der Waals surface area (Å²) in [6, 6.07) is 3.56. The molecule has 0 saturated carbocycles. The van der Waals surface area contributed by atoms with Crippen molar-refractivity contribution in [1.29, 1.82) is 0 Å². The monoisotopic (exact) mass is 186 g/mol. The van der Waals surface area contributed by atoms with Crippen LogP contribution in [0.25, 0.3) is 0 Å². The van der Waals surface area contributed by atoms with Gasteiger partial charge in [-0.2, -0.15) is 0 Å². The Morgan fingerprint density at radius 2 is 1.60 bits per heavy atom. The number of hydrogen-bond donors (Lipinski definition) is 0. The van der Waals surface area contributed by atoms with Gasteiger partial charge in [-0.15, -0.1) is 0 Å². The Kier molecular flexibility index (Phi) is 2.98. The van der Waals surface area contributed by atoms with E-state index in [1.54, 1.807) is 6.07 Å². The first-order valence-corrected chi connectivity index (χ1v) is 3.86. The van der Waals surface area contributed by atoms with Crippen LogP contribution in [0.1, 0.15) is 0 Å². The zero-order chi connectivity index (χ0) is 7.72. The summed E-state index contributed by atoms with van der Waals surface area (Å²) in [6.45, 7) is 0. The zero-order valence-electron chi connectivity index (χ0n) is 5.29. The van der Waals surface area contributed by atoms with Gasteiger partial charge in [-0.05, 0) is 0 Å². The number of hydrogen-bond acceptors (Lipinski definition) is 0. The second-order valence-electron chi connectivity index (χ2n) is 1.99. The minimum atomic E-state index is 0.434. The molecule has 0 bridgehead atoms. The van der Waals surface area contributed by atoms with Gasteiger partial charge in [0.25, 0.3) is 0 Å². The molecule has 0 fully saturated rings. The molecule has 10 heavy (non-hydrogen) atoms. The number of benzene rings is 1. The second-order valence-corrected chi connectivity index (χ2v) is 3.16. The zero-order valence-corrected chi connectivity index (χ0v) is 7.56. The van der Waals surface area contributed by atoms with E-state index in [9.17, 15) is 0 Å². The first-order valence-electron chi connectivity index (χ1n) is 2.73. The van der Waals surface area contributed by atoms with Gasteiger partial charge in [0.2, 0.25) is 0 Å². The molecule has 0 aromatic heterocycles. The maximum absolute atomic E-state index is 5.77. The van der Waals surface area contributed by atoms with E-state index in [0.717, 1.165) is 4.24 Å². The Morgan fingerprint density at radius 3 is 2.10 bits per heavy atom. The van der Waals surface area contributed by atoms with Crippen molar-refractivity contribution in [2.45, 2.75) is 0 Å². The van der Waals surface area contributed by atoms with Crippen LogP contribution in [0.2, 0.25) is 15.1 Å². The average molecular weight is 187 g/mol. The van der Waals surface area contributed by atoms with Gasteiger partial charge < -0.3 is 0 Å². The predicted octanol–water partition coefficient (Wildman–Crippen LogP) is 2.44. The van der Waals surface area contributed by atoms with E-state index >= 15 is 0 Å². The summed E-state index contributed by atoms with van der Waals surface area (Å²) in [5.41, 5.74) is 0. The fourth-order valence-electron chi connectivity index (χ4n) is 0.622. The van der Waals surface area contributed by atoms with Gasteiger partial charge in [0.1, 0.15) is 0 Å². The molecule has 0 aliphatic heterocycles. The Hall–Kier alpha value is 0.687. The molecule has 0 amide bonds. The van der Waals surface area contributed by atoms with E-state index in [1.165, 1.54) is 0 Å². The van der Waals surface area contributed by atoms with E-state index < -0.39 is 0 Å². The normalized spacial score (nSPS) is 10.1. The third kappa shape index (κ3) is 1.64. The Labute approximate surface area is 83.7 Å². The Balaban J connectivity index is 3.34. The first-order chi connectivity index (χ1) is 4.63. The van der Waals surface area contributed by atoms with Crippen molar-refractivity contribution in [3.63, 3.8) is 0 Å². The van der Waals surface area contributed by atoms with Gasteiger partial charge in [-0.1, -0.05) is 0 Å². The van der Waals surface area contributed by atoms with Crippen LogP contribution in [-0.4, -0.2) is 17.7 Å². The number of halogens is 3. The summed E-state index contributed by atoms with van der Waals surface area (Å²) in [6.07, 6.45) is 0. The van der Waals surface area contributed by atoms with E-state index in [0.29, 0.717) is 15.1 Å². The van der Waals surface area contributed by atoms with E-state index in [4.69, 9.17) is 34.8 Å². The van der Waals surface area contributed by atoms with Crippen LogP contribution in [0.3, 0.4) is 0 Å². The van der Waals surface area contributed by atoms with Crippen molar-refractivity contribution >= 4 is 56.8 Å².